The minimum absolute atomic E-state index is 0.401. The number of para-hydroxylation sites is 1. The first kappa shape index (κ1) is 14.9. The van der Waals surface area contributed by atoms with E-state index in [2.05, 4.69) is 45.7 Å². The first-order valence-electron chi connectivity index (χ1n) is 8.16. The first-order valence-corrected chi connectivity index (χ1v) is 8.16. The number of aromatic nitrogens is 5. The fourth-order valence-corrected chi connectivity index (χ4v) is 2.97. The Balaban J connectivity index is 1.66. The zero-order valence-electron chi connectivity index (χ0n) is 14.0. The van der Waals surface area contributed by atoms with Crippen LogP contribution in [0.4, 0.5) is 5.69 Å². The number of aryl methyl sites for hydroxylation is 2. The first-order chi connectivity index (χ1) is 11.6. The maximum absolute atomic E-state index is 5.54. The van der Waals surface area contributed by atoms with Gasteiger partial charge in [0.1, 0.15) is 5.76 Å². The van der Waals surface area contributed by atoms with Crippen molar-refractivity contribution in [1.29, 1.82) is 0 Å². The molecule has 4 rings (SSSR count). The van der Waals surface area contributed by atoms with Gasteiger partial charge in [-0.3, -0.25) is 0 Å². The highest BCUT2D eigenvalue weighted by molar-refractivity contribution is 5.76. The van der Waals surface area contributed by atoms with Gasteiger partial charge in [-0.1, -0.05) is 19.1 Å². The van der Waals surface area contributed by atoms with Crippen LogP contribution >= 0.6 is 0 Å². The number of oxazole rings is 1. The number of benzene rings is 1. The Kier molecular flexibility index (Phi) is 3.55. The van der Waals surface area contributed by atoms with Gasteiger partial charge in [-0.2, -0.15) is 0 Å². The van der Waals surface area contributed by atoms with Gasteiger partial charge in [0.25, 0.3) is 0 Å². The summed E-state index contributed by atoms with van der Waals surface area (Å²) in [7, 11) is 0. The summed E-state index contributed by atoms with van der Waals surface area (Å²) < 4.78 is 7.49. The van der Waals surface area contributed by atoms with E-state index in [4.69, 9.17) is 4.42 Å². The van der Waals surface area contributed by atoms with Gasteiger partial charge >= 0.3 is 0 Å². The van der Waals surface area contributed by atoms with Crippen LogP contribution in [0.5, 0.6) is 0 Å². The Labute approximate surface area is 140 Å². The highest BCUT2D eigenvalue weighted by Crippen LogP contribution is 2.44. The van der Waals surface area contributed by atoms with Crippen molar-refractivity contribution in [3.05, 3.63) is 41.6 Å². The van der Waals surface area contributed by atoms with Gasteiger partial charge in [-0.25, -0.2) is 9.67 Å². The van der Waals surface area contributed by atoms with Crippen LogP contribution in [0, 0.1) is 19.8 Å². The molecule has 0 saturated heterocycles. The molecule has 24 heavy (non-hydrogen) atoms. The van der Waals surface area contributed by atoms with Crippen LogP contribution in [0.3, 0.4) is 0 Å². The maximum atomic E-state index is 5.54. The summed E-state index contributed by atoms with van der Waals surface area (Å²) in [5.41, 5.74) is 3.15. The largest absolute Gasteiger partial charge is 0.444 e. The molecule has 1 aliphatic rings. The number of anilines is 1. The lowest BCUT2D eigenvalue weighted by molar-refractivity contribution is 0.479. The van der Waals surface area contributed by atoms with Gasteiger partial charge in [0, 0.05) is 11.3 Å². The smallest absolute Gasteiger partial charge is 0.213 e. The molecular formula is C17H20N6O. The molecule has 1 aliphatic carbocycles. The summed E-state index contributed by atoms with van der Waals surface area (Å²) in [6.07, 6.45) is 2.85. The number of tetrazole rings is 1. The molecule has 0 bridgehead atoms. The molecule has 1 fully saturated rings. The van der Waals surface area contributed by atoms with Crippen molar-refractivity contribution in [1.82, 2.24) is 25.2 Å². The normalized spacial score (nSPS) is 19.5. The minimum atomic E-state index is 0.401. The SMILES string of the molecule is Cc1cnc(CNc2c(C)cccc2-c2nnnn2[C@@H]2C[C@H]2C)o1. The fraction of sp³-hybridized carbons (Fsp3) is 0.412. The lowest BCUT2D eigenvalue weighted by Gasteiger charge is -2.13. The second kappa shape index (κ2) is 5.74. The summed E-state index contributed by atoms with van der Waals surface area (Å²) in [6.45, 7) is 6.70. The second-order valence-corrected chi connectivity index (χ2v) is 6.44. The number of nitrogens with zero attached hydrogens (tertiary/aromatic N) is 5. The molecule has 1 saturated carbocycles. The van der Waals surface area contributed by atoms with Crippen molar-refractivity contribution < 1.29 is 4.42 Å². The quantitative estimate of drug-likeness (QED) is 0.776. The number of rotatable bonds is 5. The zero-order valence-corrected chi connectivity index (χ0v) is 14.0. The zero-order chi connectivity index (χ0) is 16.7. The van der Waals surface area contributed by atoms with Crippen molar-refractivity contribution in [2.75, 3.05) is 5.32 Å². The van der Waals surface area contributed by atoms with Gasteiger partial charge in [0.2, 0.25) is 5.89 Å². The molecule has 1 aromatic carbocycles. The van der Waals surface area contributed by atoms with E-state index < -0.39 is 0 Å². The molecule has 0 radical (unpaired) electrons. The summed E-state index contributed by atoms with van der Waals surface area (Å²) in [5.74, 6) is 2.91. The van der Waals surface area contributed by atoms with Crippen LogP contribution in [0.15, 0.2) is 28.8 Å². The Morgan fingerprint density at radius 3 is 2.88 bits per heavy atom. The second-order valence-electron chi connectivity index (χ2n) is 6.44. The summed E-state index contributed by atoms with van der Waals surface area (Å²) >= 11 is 0. The van der Waals surface area contributed by atoms with E-state index in [1.165, 1.54) is 0 Å². The molecule has 0 aliphatic heterocycles. The number of nitrogens with one attached hydrogen (secondary N) is 1. The van der Waals surface area contributed by atoms with E-state index in [-0.39, 0.29) is 0 Å². The van der Waals surface area contributed by atoms with Gasteiger partial charge in [0.05, 0.1) is 18.8 Å². The van der Waals surface area contributed by atoms with E-state index in [0.29, 0.717) is 24.4 Å². The number of hydrogen-bond acceptors (Lipinski definition) is 6. The van der Waals surface area contributed by atoms with Crippen LogP contribution in [-0.4, -0.2) is 25.2 Å². The maximum Gasteiger partial charge on any atom is 0.213 e. The Bertz CT molecular complexity index is 868. The average molecular weight is 324 g/mol. The number of hydrogen-bond donors (Lipinski definition) is 1. The third kappa shape index (κ3) is 2.66. The lowest BCUT2D eigenvalue weighted by Crippen LogP contribution is -2.06. The molecule has 2 atom stereocenters. The van der Waals surface area contributed by atoms with Gasteiger partial charge in [0.15, 0.2) is 5.82 Å². The minimum Gasteiger partial charge on any atom is -0.444 e. The molecule has 0 spiro atoms. The van der Waals surface area contributed by atoms with Gasteiger partial charge in [-0.15, -0.1) is 5.10 Å². The highest BCUT2D eigenvalue weighted by Gasteiger charge is 2.37. The Hall–Kier alpha value is -2.70. The van der Waals surface area contributed by atoms with E-state index in [1.807, 2.05) is 23.7 Å². The van der Waals surface area contributed by atoms with E-state index in [1.54, 1.807) is 6.20 Å². The fourth-order valence-electron chi connectivity index (χ4n) is 2.97. The van der Waals surface area contributed by atoms with Crippen molar-refractivity contribution in [2.45, 2.75) is 39.8 Å². The summed E-state index contributed by atoms with van der Waals surface area (Å²) in [4.78, 5) is 4.24. The lowest BCUT2D eigenvalue weighted by atomic mass is 10.1. The standard InChI is InChI=1S/C17H20N6O/c1-10-5-4-6-13(16(10)19-9-15-18-8-12(3)24-15)17-20-21-22-23(17)14-7-11(14)2/h4-6,8,11,14,19H,7,9H2,1-3H3/t11-,14-/m1/s1. The van der Waals surface area contributed by atoms with E-state index in [9.17, 15) is 0 Å². The Morgan fingerprint density at radius 2 is 2.17 bits per heavy atom. The molecular weight excluding hydrogens is 304 g/mol. The van der Waals surface area contributed by atoms with Crippen LogP contribution in [0.2, 0.25) is 0 Å². The molecule has 0 amide bonds. The third-order valence-electron chi connectivity index (χ3n) is 4.47. The summed E-state index contributed by atoms with van der Waals surface area (Å²) in [6, 6.07) is 6.55. The monoisotopic (exact) mass is 324 g/mol. The Morgan fingerprint density at radius 1 is 1.33 bits per heavy atom. The molecule has 3 aromatic rings. The predicted octanol–water partition coefficient (Wildman–Crippen LogP) is 3.14. The van der Waals surface area contributed by atoms with Crippen LogP contribution in [0.1, 0.15) is 36.6 Å². The highest BCUT2D eigenvalue weighted by atomic mass is 16.4. The molecule has 7 nitrogen and oxygen atoms in total. The molecule has 2 aromatic heterocycles. The van der Waals surface area contributed by atoms with E-state index >= 15 is 0 Å². The van der Waals surface area contributed by atoms with Crippen LogP contribution in [0.25, 0.3) is 11.4 Å². The van der Waals surface area contributed by atoms with Gasteiger partial charge < -0.3 is 9.73 Å². The topological polar surface area (TPSA) is 81.7 Å². The van der Waals surface area contributed by atoms with Crippen molar-refractivity contribution >= 4 is 5.69 Å². The van der Waals surface area contributed by atoms with Gasteiger partial charge in [-0.05, 0) is 48.2 Å². The average Bonchev–Trinajstić information content (AvgIpc) is 2.97. The van der Waals surface area contributed by atoms with Crippen LogP contribution < -0.4 is 5.32 Å². The van der Waals surface area contributed by atoms with Crippen molar-refractivity contribution in [3.8, 4) is 11.4 Å². The molecule has 0 unspecified atom stereocenters. The molecule has 2 heterocycles. The third-order valence-corrected chi connectivity index (χ3v) is 4.47. The molecule has 7 heteroatoms. The predicted molar refractivity (Wildman–Crippen MR) is 89.4 cm³/mol. The van der Waals surface area contributed by atoms with Crippen LogP contribution in [-0.2, 0) is 6.54 Å². The van der Waals surface area contributed by atoms with Crippen molar-refractivity contribution in [3.63, 3.8) is 0 Å². The van der Waals surface area contributed by atoms with E-state index in [0.717, 1.165) is 34.8 Å². The summed E-state index contributed by atoms with van der Waals surface area (Å²) in [5, 5.41) is 15.8. The molecule has 1 N–H and O–H groups in total. The molecule has 124 valence electrons. The van der Waals surface area contributed by atoms with Crippen molar-refractivity contribution in [2.24, 2.45) is 5.92 Å².